The van der Waals surface area contributed by atoms with Crippen molar-refractivity contribution in [1.29, 1.82) is 5.26 Å². The predicted molar refractivity (Wildman–Crippen MR) is 80.3 cm³/mol. The molecule has 0 saturated carbocycles. The van der Waals surface area contributed by atoms with Crippen molar-refractivity contribution in [3.63, 3.8) is 0 Å². The Labute approximate surface area is 127 Å². The van der Waals surface area contributed by atoms with E-state index < -0.39 is 5.92 Å². The molecule has 0 fully saturated rings. The molecule has 0 N–H and O–H groups in total. The molecule has 0 aliphatic heterocycles. The van der Waals surface area contributed by atoms with Crippen molar-refractivity contribution in [2.45, 2.75) is 12.8 Å². The highest BCUT2D eigenvalue weighted by molar-refractivity contribution is 6.32. The molecular formula is C16H11Cl2NO. The summed E-state index contributed by atoms with van der Waals surface area (Å²) in [5, 5.41) is 10.3. The summed E-state index contributed by atoms with van der Waals surface area (Å²) in [5.74, 6) is -1.18. The summed E-state index contributed by atoms with van der Waals surface area (Å²) >= 11 is 11.9. The van der Waals surface area contributed by atoms with Gasteiger partial charge in [0.1, 0.15) is 5.92 Å². The highest BCUT2D eigenvalue weighted by atomic mass is 35.5. The summed E-state index contributed by atoms with van der Waals surface area (Å²) in [5.41, 5.74) is 1.76. The molecule has 0 saturated heterocycles. The monoisotopic (exact) mass is 303 g/mol. The first-order chi connectivity index (χ1) is 9.54. The quantitative estimate of drug-likeness (QED) is 0.765. The third-order valence-electron chi connectivity index (χ3n) is 3.06. The summed E-state index contributed by atoms with van der Waals surface area (Å²) in [7, 11) is 0. The summed E-state index contributed by atoms with van der Waals surface area (Å²) in [4.78, 5) is 12.5. The maximum atomic E-state index is 12.5. The molecule has 2 aromatic carbocycles. The van der Waals surface area contributed by atoms with E-state index >= 15 is 0 Å². The first kappa shape index (κ1) is 14.6. The summed E-state index contributed by atoms with van der Waals surface area (Å²) in [6.07, 6.45) is 0. The SMILES string of the molecule is Cc1cc(Cl)ccc1C(=O)C(C#N)c1ccccc1Cl. The second-order valence-corrected chi connectivity index (χ2v) is 5.25. The molecule has 0 aromatic heterocycles. The van der Waals surface area contributed by atoms with Crippen LogP contribution in [-0.2, 0) is 0 Å². The maximum absolute atomic E-state index is 12.5. The zero-order chi connectivity index (χ0) is 14.7. The number of Topliss-reactive ketones (excluding diaryl/α,β-unsaturated/α-hetero) is 1. The van der Waals surface area contributed by atoms with Crippen molar-refractivity contribution in [2.24, 2.45) is 0 Å². The van der Waals surface area contributed by atoms with Gasteiger partial charge in [0.2, 0.25) is 0 Å². The Kier molecular flexibility index (Phi) is 4.44. The van der Waals surface area contributed by atoms with E-state index in [0.29, 0.717) is 21.2 Å². The van der Waals surface area contributed by atoms with Crippen LogP contribution in [-0.4, -0.2) is 5.78 Å². The van der Waals surface area contributed by atoms with Crippen LogP contribution in [0.25, 0.3) is 0 Å². The first-order valence-corrected chi connectivity index (χ1v) is 6.74. The fourth-order valence-corrected chi connectivity index (χ4v) is 2.51. The third kappa shape index (κ3) is 2.85. The minimum absolute atomic E-state index is 0.269. The Morgan fingerprint density at radius 3 is 2.50 bits per heavy atom. The van der Waals surface area contributed by atoms with Crippen LogP contribution < -0.4 is 0 Å². The van der Waals surface area contributed by atoms with Gasteiger partial charge in [-0.1, -0.05) is 41.4 Å². The Morgan fingerprint density at radius 1 is 1.20 bits per heavy atom. The molecule has 0 bridgehead atoms. The summed E-state index contributed by atoms with van der Waals surface area (Å²) < 4.78 is 0. The molecule has 4 heteroatoms. The zero-order valence-corrected chi connectivity index (χ0v) is 12.2. The Bertz CT molecular complexity index is 704. The minimum Gasteiger partial charge on any atom is -0.292 e. The lowest BCUT2D eigenvalue weighted by Crippen LogP contribution is -2.13. The van der Waals surface area contributed by atoms with Crippen LogP contribution in [0.2, 0.25) is 10.0 Å². The number of carbonyl (C=O) groups is 1. The van der Waals surface area contributed by atoms with Gasteiger partial charge in [0, 0.05) is 15.6 Å². The second-order valence-electron chi connectivity index (χ2n) is 4.41. The predicted octanol–water partition coefficient (Wildman–Crippen LogP) is 4.79. The van der Waals surface area contributed by atoms with E-state index in [4.69, 9.17) is 23.2 Å². The molecule has 1 unspecified atom stereocenters. The summed E-state index contributed by atoms with van der Waals surface area (Å²) in [6.45, 7) is 1.79. The lowest BCUT2D eigenvalue weighted by atomic mass is 9.90. The smallest absolute Gasteiger partial charge is 0.184 e. The van der Waals surface area contributed by atoms with Crippen LogP contribution in [0.1, 0.15) is 27.4 Å². The van der Waals surface area contributed by atoms with Crippen molar-refractivity contribution in [2.75, 3.05) is 0 Å². The molecule has 2 nitrogen and oxygen atoms in total. The fourth-order valence-electron chi connectivity index (χ4n) is 2.04. The first-order valence-electron chi connectivity index (χ1n) is 5.99. The van der Waals surface area contributed by atoms with E-state index in [-0.39, 0.29) is 5.78 Å². The van der Waals surface area contributed by atoms with Gasteiger partial charge in [-0.25, -0.2) is 0 Å². The average Bonchev–Trinajstić information content (AvgIpc) is 2.41. The number of carbonyl (C=O) groups excluding carboxylic acids is 1. The highest BCUT2D eigenvalue weighted by Gasteiger charge is 2.24. The normalized spacial score (nSPS) is 11.7. The van der Waals surface area contributed by atoms with Crippen molar-refractivity contribution in [1.82, 2.24) is 0 Å². The molecule has 0 aliphatic carbocycles. The van der Waals surface area contributed by atoms with E-state index in [1.807, 2.05) is 6.07 Å². The van der Waals surface area contributed by atoms with Crippen molar-refractivity contribution in [3.8, 4) is 6.07 Å². The van der Waals surface area contributed by atoms with Crippen LogP contribution in [0.15, 0.2) is 42.5 Å². The van der Waals surface area contributed by atoms with E-state index in [2.05, 4.69) is 0 Å². The van der Waals surface area contributed by atoms with Gasteiger partial charge >= 0.3 is 0 Å². The molecule has 0 heterocycles. The second kappa shape index (κ2) is 6.09. The minimum atomic E-state index is -0.913. The van der Waals surface area contributed by atoms with E-state index in [9.17, 15) is 10.1 Å². The zero-order valence-electron chi connectivity index (χ0n) is 10.7. The molecule has 0 aliphatic rings. The van der Waals surface area contributed by atoms with E-state index in [0.717, 1.165) is 5.56 Å². The molecule has 1 atom stereocenters. The fraction of sp³-hybridized carbons (Fsp3) is 0.125. The van der Waals surface area contributed by atoms with Crippen molar-refractivity contribution in [3.05, 3.63) is 69.2 Å². The van der Waals surface area contributed by atoms with Crippen LogP contribution in [0.5, 0.6) is 0 Å². The van der Waals surface area contributed by atoms with Gasteiger partial charge in [0.15, 0.2) is 5.78 Å². The topological polar surface area (TPSA) is 40.9 Å². The Hall–Kier alpha value is -1.82. The van der Waals surface area contributed by atoms with Gasteiger partial charge in [-0.3, -0.25) is 4.79 Å². The lowest BCUT2D eigenvalue weighted by molar-refractivity contribution is 0.0978. The van der Waals surface area contributed by atoms with Gasteiger partial charge in [0.05, 0.1) is 6.07 Å². The van der Waals surface area contributed by atoms with Crippen LogP contribution in [0.3, 0.4) is 0 Å². The van der Waals surface area contributed by atoms with E-state index in [1.54, 1.807) is 49.4 Å². The summed E-state index contributed by atoms with van der Waals surface area (Å²) in [6, 6.07) is 13.9. The van der Waals surface area contributed by atoms with Gasteiger partial charge < -0.3 is 0 Å². The number of nitriles is 1. The number of benzene rings is 2. The number of ketones is 1. The largest absolute Gasteiger partial charge is 0.292 e. The van der Waals surface area contributed by atoms with Crippen LogP contribution in [0.4, 0.5) is 0 Å². The van der Waals surface area contributed by atoms with Crippen LogP contribution >= 0.6 is 23.2 Å². The molecule has 20 heavy (non-hydrogen) atoms. The highest BCUT2D eigenvalue weighted by Crippen LogP contribution is 2.28. The van der Waals surface area contributed by atoms with Crippen molar-refractivity contribution >= 4 is 29.0 Å². The van der Waals surface area contributed by atoms with Crippen LogP contribution in [0, 0.1) is 18.3 Å². The molecule has 2 rings (SSSR count). The standard InChI is InChI=1S/C16H11Cl2NO/c1-10-8-11(17)6-7-12(10)16(20)14(9-19)13-4-2-3-5-15(13)18/h2-8,14H,1H3. The molecule has 0 spiro atoms. The Morgan fingerprint density at radius 2 is 1.90 bits per heavy atom. The molecular weight excluding hydrogens is 293 g/mol. The van der Waals surface area contributed by atoms with Gasteiger partial charge in [-0.2, -0.15) is 5.26 Å². The molecule has 100 valence electrons. The Balaban J connectivity index is 2.45. The van der Waals surface area contributed by atoms with Gasteiger partial charge in [-0.05, 0) is 42.3 Å². The maximum Gasteiger partial charge on any atom is 0.184 e. The number of rotatable bonds is 3. The van der Waals surface area contributed by atoms with E-state index in [1.165, 1.54) is 0 Å². The number of hydrogen-bond acceptors (Lipinski definition) is 2. The molecule has 0 amide bonds. The number of aryl methyl sites for hydroxylation is 1. The third-order valence-corrected chi connectivity index (χ3v) is 3.64. The number of halogens is 2. The van der Waals surface area contributed by atoms with Gasteiger partial charge in [0.25, 0.3) is 0 Å². The van der Waals surface area contributed by atoms with Gasteiger partial charge in [-0.15, -0.1) is 0 Å². The van der Waals surface area contributed by atoms with Crippen molar-refractivity contribution < 1.29 is 4.79 Å². The lowest BCUT2D eigenvalue weighted by Gasteiger charge is -2.12. The average molecular weight is 304 g/mol. The molecule has 2 aromatic rings. The molecule has 0 radical (unpaired) electrons. The number of hydrogen-bond donors (Lipinski definition) is 0. The number of nitrogens with zero attached hydrogens (tertiary/aromatic N) is 1.